The van der Waals surface area contributed by atoms with Gasteiger partial charge in [0.2, 0.25) is 0 Å². The summed E-state index contributed by atoms with van der Waals surface area (Å²) < 4.78 is 0. The maximum Gasteiger partial charge on any atom is 0.116 e. The average Bonchev–Trinajstić information content (AvgIpc) is 2.19. The Kier molecular flexibility index (Phi) is 6.68. The minimum absolute atomic E-state index is 0.482. The van der Waals surface area contributed by atoms with Crippen LogP contribution in [0.25, 0.3) is 0 Å². The maximum atomic E-state index is 8.81. The third-order valence-corrected chi connectivity index (χ3v) is 2.00. The standard InChI is InChI=1S/C10H15N.C2H4O/c1-8-3-5-10(6-4-8)9(2)7-11;1-2-3/h3-6,9H,7,11H2,1-2H3;2H,1H3. The summed E-state index contributed by atoms with van der Waals surface area (Å²) in [5, 5.41) is 0. The molecule has 0 radical (unpaired) electrons. The van der Waals surface area contributed by atoms with Gasteiger partial charge in [-0.3, -0.25) is 0 Å². The number of nitrogens with two attached hydrogens (primary N) is 1. The number of benzene rings is 1. The van der Waals surface area contributed by atoms with E-state index in [2.05, 4.69) is 38.1 Å². The van der Waals surface area contributed by atoms with E-state index in [0.29, 0.717) is 5.92 Å². The van der Waals surface area contributed by atoms with Crippen molar-refractivity contribution < 1.29 is 4.79 Å². The number of hydrogen-bond donors (Lipinski definition) is 1. The molecule has 2 nitrogen and oxygen atoms in total. The summed E-state index contributed by atoms with van der Waals surface area (Å²) in [6.07, 6.45) is 0.750. The summed E-state index contributed by atoms with van der Waals surface area (Å²) in [6.45, 7) is 6.41. The Labute approximate surface area is 86.1 Å². The topological polar surface area (TPSA) is 43.1 Å². The lowest BCUT2D eigenvalue weighted by molar-refractivity contribution is -0.106. The number of hydrogen-bond acceptors (Lipinski definition) is 2. The highest BCUT2D eigenvalue weighted by molar-refractivity contribution is 5.44. The van der Waals surface area contributed by atoms with Crippen LogP contribution in [0.15, 0.2) is 24.3 Å². The molecule has 0 aromatic heterocycles. The van der Waals surface area contributed by atoms with Crippen LogP contribution in [0.4, 0.5) is 0 Å². The molecule has 78 valence electrons. The van der Waals surface area contributed by atoms with Gasteiger partial charge in [0.15, 0.2) is 0 Å². The van der Waals surface area contributed by atoms with Crippen LogP contribution >= 0.6 is 0 Å². The van der Waals surface area contributed by atoms with Gasteiger partial charge in [-0.05, 0) is 31.9 Å². The van der Waals surface area contributed by atoms with Crippen molar-refractivity contribution in [3.63, 3.8) is 0 Å². The second-order valence-electron chi connectivity index (χ2n) is 3.28. The van der Waals surface area contributed by atoms with Gasteiger partial charge in [-0.15, -0.1) is 0 Å². The lowest BCUT2D eigenvalue weighted by Gasteiger charge is -2.07. The molecule has 1 atom stereocenters. The number of aryl methyl sites for hydroxylation is 1. The molecule has 0 amide bonds. The predicted molar refractivity (Wildman–Crippen MR) is 60.4 cm³/mol. The normalized spacial score (nSPS) is 11.1. The van der Waals surface area contributed by atoms with Crippen LogP contribution in [0, 0.1) is 6.92 Å². The molecule has 0 bridgehead atoms. The molecule has 1 aromatic carbocycles. The van der Waals surface area contributed by atoms with Gasteiger partial charge in [-0.1, -0.05) is 36.8 Å². The van der Waals surface area contributed by atoms with E-state index in [4.69, 9.17) is 10.5 Å². The first-order chi connectivity index (χ1) is 6.65. The van der Waals surface area contributed by atoms with Crippen LogP contribution in [0.3, 0.4) is 0 Å². The molecule has 0 saturated heterocycles. The van der Waals surface area contributed by atoms with Gasteiger partial charge in [0.05, 0.1) is 0 Å². The van der Waals surface area contributed by atoms with Crippen molar-refractivity contribution in [2.45, 2.75) is 26.7 Å². The molecule has 2 heteroatoms. The van der Waals surface area contributed by atoms with Crippen molar-refractivity contribution >= 4 is 6.29 Å². The van der Waals surface area contributed by atoms with E-state index >= 15 is 0 Å². The Morgan fingerprint density at radius 2 is 1.79 bits per heavy atom. The van der Waals surface area contributed by atoms with Crippen molar-refractivity contribution in [3.05, 3.63) is 35.4 Å². The first-order valence-electron chi connectivity index (χ1n) is 4.82. The van der Waals surface area contributed by atoms with E-state index in [-0.39, 0.29) is 0 Å². The van der Waals surface area contributed by atoms with E-state index in [1.165, 1.54) is 18.1 Å². The van der Waals surface area contributed by atoms with E-state index in [1.54, 1.807) is 0 Å². The van der Waals surface area contributed by atoms with Crippen molar-refractivity contribution in [1.82, 2.24) is 0 Å². The van der Waals surface area contributed by atoms with Gasteiger partial charge >= 0.3 is 0 Å². The Balaban J connectivity index is 0.000000500. The first kappa shape index (κ1) is 12.8. The molecule has 0 aliphatic rings. The molecule has 0 saturated carbocycles. The zero-order valence-corrected chi connectivity index (χ0v) is 9.16. The summed E-state index contributed by atoms with van der Waals surface area (Å²) in [5.41, 5.74) is 8.18. The maximum absolute atomic E-state index is 8.81. The number of rotatable bonds is 2. The van der Waals surface area contributed by atoms with Crippen molar-refractivity contribution in [2.75, 3.05) is 6.54 Å². The summed E-state index contributed by atoms with van der Waals surface area (Å²) in [4.78, 5) is 8.81. The quantitative estimate of drug-likeness (QED) is 0.732. The number of carbonyl (C=O) groups is 1. The van der Waals surface area contributed by atoms with Crippen LogP contribution in [-0.4, -0.2) is 12.8 Å². The summed E-state index contributed by atoms with van der Waals surface area (Å²) >= 11 is 0. The monoisotopic (exact) mass is 193 g/mol. The van der Waals surface area contributed by atoms with E-state index < -0.39 is 0 Å². The highest BCUT2D eigenvalue weighted by Gasteiger charge is 2.00. The predicted octanol–water partition coefficient (Wildman–Crippen LogP) is 2.26. The fourth-order valence-corrected chi connectivity index (χ4v) is 1.03. The molecular weight excluding hydrogens is 174 g/mol. The second kappa shape index (κ2) is 7.27. The average molecular weight is 193 g/mol. The SMILES string of the molecule is CC=O.Cc1ccc(C(C)CN)cc1. The van der Waals surface area contributed by atoms with Crippen LogP contribution in [-0.2, 0) is 4.79 Å². The molecule has 0 heterocycles. The lowest BCUT2D eigenvalue weighted by Crippen LogP contribution is -2.08. The molecule has 14 heavy (non-hydrogen) atoms. The van der Waals surface area contributed by atoms with Gasteiger partial charge in [0, 0.05) is 0 Å². The van der Waals surface area contributed by atoms with Crippen molar-refractivity contribution in [3.8, 4) is 0 Å². The van der Waals surface area contributed by atoms with E-state index in [9.17, 15) is 0 Å². The van der Waals surface area contributed by atoms with Crippen LogP contribution < -0.4 is 5.73 Å². The third-order valence-electron chi connectivity index (χ3n) is 2.00. The summed E-state index contributed by atoms with van der Waals surface area (Å²) in [5.74, 6) is 0.482. The minimum atomic E-state index is 0.482. The highest BCUT2D eigenvalue weighted by atomic mass is 16.1. The van der Waals surface area contributed by atoms with Gasteiger partial charge in [-0.2, -0.15) is 0 Å². The van der Waals surface area contributed by atoms with Gasteiger partial charge in [-0.25, -0.2) is 0 Å². The molecule has 1 unspecified atom stereocenters. The van der Waals surface area contributed by atoms with E-state index in [0.717, 1.165) is 12.8 Å². The zero-order chi connectivity index (χ0) is 11.0. The lowest BCUT2D eigenvalue weighted by atomic mass is 10.0. The Hall–Kier alpha value is -1.15. The molecule has 0 fully saturated rings. The van der Waals surface area contributed by atoms with Gasteiger partial charge < -0.3 is 10.5 Å². The summed E-state index contributed by atoms with van der Waals surface area (Å²) in [7, 11) is 0. The molecule has 0 aliphatic carbocycles. The van der Waals surface area contributed by atoms with Crippen LogP contribution in [0.5, 0.6) is 0 Å². The highest BCUT2D eigenvalue weighted by Crippen LogP contribution is 2.13. The second-order valence-corrected chi connectivity index (χ2v) is 3.28. The van der Waals surface area contributed by atoms with Gasteiger partial charge in [0.1, 0.15) is 6.29 Å². The largest absolute Gasteiger partial charge is 0.330 e. The Bertz CT molecular complexity index is 254. The molecular formula is C12H19NO. The zero-order valence-electron chi connectivity index (χ0n) is 9.16. The Morgan fingerprint density at radius 3 is 2.14 bits per heavy atom. The molecule has 1 aromatic rings. The smallest absolute Gasteiger partial charge is 0.116 e. The molecule has 2 N–H and O–H groups in total. The molecule has 0 aliphatic heterocycles. The van der Waals surface area contributed by atoms with Crippen molar-refractivity contribution in [1.29, 1.82) is 0 Å². The summed E-state index contributed by atoms with van der Waals surface area (Å²) in [6, 6.07) is 8.54. The molecule has 1 rings (SSSR count). The molecule has 0 spiro atoms. The number of aldehydes is 1. The fraction of sp³-hybridized carbons (Fsp3) is 0.417. The minimum Gasteiger partial charge on any atom is -0.330 e. The number of carbonyl (C=O) groups excluding carboxylic acids is 1. The van der Waals surface area contributed by atoms with Crippen LogP contribution in [0.2, 0.25) is 0 Å². The van der Waals surface area contributed by atoms with Gasteiger partial charge in [0.25, 0.3) is 0 Å². The van der Waals surface area contributed by atoms with Crippen molar-refractivity contribution in [2.24, 2.45) is 5.73 Å². The van der Waals surface area contributed by atoms with Crippen LogP contribution in [0.1, 0.15) is 30.9 Å². The van der Waals surface area contributed by atoms with E-state index in [1.807, 2.05) is 0 Å². The first-order valence-corrected chi connectivity index (χ1v) is 4.82. The fourth-order valence-electron chi connectivity index (χ4n) is 1.03. The third kappa shape index (κ3) is 4.77. The Morgan fingerprint density at radius 1 is 1.36 bits per heavy atom.